The van der Waals surface area contributed by atoms with Crippen molar-refractivity contribution in [2.75, 3.05) is 10.5 Å². The summed E-state index contributed by atoms with van der Waals surface area (Å²) in [6, 6.07) is 3.76. The number of nitrogens with two attached hydrogens (primary N) is 1. The molecule has 0 spiro atoms. The fourth-order valence-electron chi connectivity index (χ4n) is 3.87. The standard InChI is InChI=1S/C20H23FN6O3S/c1-12-8-18(31(28,29)27-19-6-7-23-11-24-19)15(21)9-17(12)30-16-5-3-2-4-13(16)14-10-25-26-20(14)22/h6-11,13,16H,2-5H2,1H3,(H3,22,25,26)(H,23,24,27). The topological polar surface area (TPSA) is 136 Å². The SMILES string of the molecule is Cc1cc(S(=O)(=O)Nc2ccncn2)c(F)cc1OC1CCCCC1c1cn[nH]c1N. The van der Waals surface area contributed by atoms with Crippen LogP contribution in [0.2, 0.25) is 0 Å². The molecule has 0 bridgehead atoms. The number of H-pyrrole nitrogens is 1. The average molecular weight is 447 g/mol. The van der Waals surface area contributed by atoms with Crippen molar-refractivity contribution in [1.82, 2.24) is 20.2 Å². The Balaban J connectivity index is 1.59. The van der Waals surface area contributed by atoms with E-state index in [-0.39, 0.29) is 17.8 Å². The molecule has 1 aromatic carbocycles. The first-order valence-electron chi connectivity index (χ1n) is 9.89. The van der Waals surface area contributed by atoms with Gasteiger partial charge in [0.05, 0.1) is 6.20 Å². The normalized spacial score (nSPS) is 19.2. The summed E-state index contributed by atoms with van der Waals surface area (Å²) in [5.74, 6) is -0.0247. The molecule has 0 saturated heterocycles. The zero-order valence-electron chi connectivity index (χ0n) is 16.9. The van der Waals surface area contributed by atoms with Crippen LogP contribution in [0.15, 0.2) is 41.8 Å². The second-order valence-corrected chi connectivity index (χ2v) is 9.19. The maximum atomic E-state index is 14.9. The van der Waals surface area contributed by atoms with Gasteiger partial charge in [-0.05, 0) is 43.9 Å². The van der Waals surface area contributed by atoms with E-state index in [9.17, 15) is 12.8 Å². The smallest absolute Gasteiger partial charge is 0.265 e. The van der Waals surface area contributed by atoms with Crippen LogP contribution in [0.4, 0.5) is 16.0 Å². The quantitative estimate of drug-likeness (QED) is 0.529. The predicted molar refractivity (Wildman–Crippen MR) is 113 cm³/mol. The number of aromatic nitrogens is 4. The predicted octanol–water partition coefficient (Wildman–Crippen LogP) is 3.14. The Labute approximate surface area is 179 Å². The number of nitrogens with zero attached hydrogens (tertiary/aromatic N) is 3. The fourth-order valence-corrected chi connectivity index (χ4v) is 5.02. The lowest BCUT2D eigenvalue weighted by Crippen LogP contribution is -2.29. The third kappa shape index (κ3) is 4.46. The molecule has 0 aliphatic heterocycles. The lowest BCUT2D eigenvalue weighted by Gasteiger charge is -2.32. The Morgan fingerprint density at radius 2 is 2.10 bits per heavy atom. The van der Waals surface area contributed by atoms with Gasteiger partial charge in [0, 0.05) is 23.7 Å². The molecular weight excluding hydrogens is 423 g/mol. The molecule has 31 heavy (non-hydrogen) atoms. The van der Waals surface area contributed by atoms with E-state index in [1.54, 1.807) is 13.1 Å². The van der Waals surface area contributed by atoms with Gasteiger partial charge in [0.15, 0.2) is 0 Å². The first-order valence-corrected chi connectivity index (χ1v) is 11.4. The molecule has 0 amide bonds. The molecule has 2 heterocycles. The van der Waals surface area contributed by atoms with Gasteiger partial charge in [-0.25, -0.2) is 22.8 Å². The van der Waals surface area contributed by atoms with Gasteiger partial charge >= 0.3 is 0 Å². The molecule has 4 rings (SSSR count). The summed E-state index contributed by atoms with van der Waals surface area (Å²) in [7, 11) is -4.17. The highest BCUT2D eigenvalue weighted by Crippen LogP contribution is 2.38. The summed E-state index contributed by atoms with van der Waals surface area (Å²) in [4.78, 5) is 7.06. The molecule has 164 valence electrons. The van der Waals surface area contributed by atoms with Gasteiger partial charge in [0.1, 0.15) is 40.5 Å². The fraction of sp³-hybridized carbons (Fsp3) is 0.350. The van der Waals surface area contributed by atoms with Crippen molar-refractivity contribution in [2.45, 2.75) is 49.5 Å². The molecule has 2 aromatic heterocycles. The molecule has 3 aromatic rings. The van der Waals surface area contributed by atoms with Crippen LogP contribution in [0.25, 0.3) is 0 Å². The highest BCUT2D eigenvalue weighted by Gasteiger charge is 2.31. The first-order chi connectivity index (χ1) is 14.8. The Morgan fingerprint density at radius 3 is 2.81 bits per heavy atom. The minimum absolute atomic E-state index is 0.0257. The molecule has 2 unspecified atom stereocenters. The Hall–Kier alpha value is -3.21. The summed E-state index contributed by atoms with van der Waals surface area (Å²) >= 11 is 0. The summed E-state index contributed by atoms with van der Waals surface area (Å²) < 4.78 is 48.6. The van der Waals surface area contributed by atoms with E-state index in [2.05, 4.69) is 24.9 Å². The maximum Gasteiger partial charge on any atom is 0.265 e. The third-order valence-corrected chi connectivity index (χ3v) is 6.79. The van der Waals surface area contributed by atoms with Crippen LogP contribution in [0, 0.1) is 12.7 Å². The number of hydrogen-bond acceptors (Lipinski definition) is 7. The van der Waals surface area contributed by atoms with Gasteiger partial charge in [0.2, 0.25) is 0 Å². The van der Waals surface area contributed by atoms with Gasteiger partial charge < -0.3 is 10.5 Å². The van der Waals surface area contributed by atoms with Crippen molar-refractivity contribution in [1.29, 1.82) is 0 Å². The molecule has 4 N–H and O–H groups in total. The van der Waals surface area contributed by atoms with Gasteiger partial charge in [-0.3, -0.25) is 9.82 Å². The lowest BCUT2D eigenvalue weighted by molar-refractivity contribution is 0.129. The van der Waals surface area contributed by atoms with Crippen molar-refractivity contribution in [3.05, 3.63) is 53.9 Å². The second kappa shape index (κ2) is 8.50. The molecule has 2 atom stereocenters. The number of hydrogen-bond donors (Lipinski definition) is 3. The summed E-state index contributed by atoms with van der Waals surface area (Å²) in [5, 5.41) is 6.74. The zero-order valence-corrected chi connectivity index (χ0v) is 17.7. The van der Waals surface area contributed by atoms with E-state index in [0.29, 0.717) is 17.1 Å². The van der Waals surface area contributed by atoms with Gasteiger partial charge in [0.25, 0.3) is 10.0 Å². The molecule has 1 fully saturated rings. The van der Waals surface area contributed by atoms with E-state index in [1.165, 1.54) is 24.7 Å². The Bertz CT molecular complexity index is 1170. The van der Waals surface area contributed by atoms with Crippen LogP contribution >= 0.6 is 0 Å². The summed E-state index contributed by atoms with van der Waals surface area (Å²) in [6.07, 6.45) is 7.75. The Morgan fingerprint density at radius 1 is 1.29 bits per heavy atom. The number of sulfonamides is 1. The molecule has 1 aliphatic rings. The van der Waals surface area contributed by atoms with Gasteiger partial charge in [-0.2, -0.15) is 5.10 Å². The van der Waals surface area contributed by atoms with E-state index < -0.39 is 20.7 Å². The van der Waals surface area contributed by atoms with Crippen LogP contribution in [0.5, 0.6) is 5.75 Å². The molecule has 11 heteroatoms. The highest BCUT2D eigenvalue weighted by atomic mass is 32.2. The van der Waals surface area contributed by atoms with Crippen LogP contribution in [0.1, 0.15) is 42.7 Å². The third-order valence-electron chi connectivity index (χ3n) is 5.42. The second-order valence-electron chi connectivity index (χ2n) is 7.53. The zero-order chi connectivity index (χ0) is 22.0. The van der Waals surface area contributed by atoms with Crippen LogP contribution in [0.3, 0.4) is 0 Å². The minimum Gasteiger partial charge on any atom is -0.489 e. The van der Waals surface area contributed by atoms with Crippen molar-refractivity contribution in [2.24, 2.45) is 0 Å². The van der Waals surface area contributed by atoms with E-state index in [0.717, 1.165) is 37.3 Å². The van der Waals surface area contributed by atoms with Crippen LogP contribution in [-0.4, -0.2) is 34.7 Å². The molecule has 9 nitrogen and oxygen atoms in total. The largest absolute Gasteiger partial charge is 0.489 e. The Kier molecular flexibility index (Phi) is 5.77. The van der Waals surface area contributed by atoms with Crippen molar-refractivity contribution < 1.29 is 17.5 Å². The average Bonchev–Trinajstić information content (AvgIpc) is 3.17. The number of benzene rings is 1. The van der Waals surface area contributed by atoms with E-state index in [1.807, 2.05) is 0 Å². The monoisotopic (exact) mass is 446 g/mol. The lowest BCUT2D eigenvalue weighted by atomic mass is 9.82. The van der Waals surface area contributed by atoms with Crippen LogP contribution < -0.4 is 15.2 Å². The number of nitrogens with one attached hydrogen (secondary N) is 2. The van der Waals surface area contributed by atoms with E-state index in [4.69, 9.17) is 10.5 Å². The molecule has 1 aliphatic carbocycles. The van der Waals surface area contributed by atoms with Crippen molar-refractivity contribution in [3.8, 4) is 5.75 Å². The summed E-state index contributed by atoms with van der Waals surface area (Å²) in [6.45, 7) is 1.68. The minimum atomic E-state index is -4.17. The number of nitrogen functional groups attached to an aromatic ring is 1. The maximum absolute atomic E-state index is 14.9. The van der Waals surface area contributed by atoms with Crippen molar-refractivity contribution in [3.63, 3.8) is 0 Å². The number of anilines is 2. The summed E-state index contributed by atoms with van der Waals surface area (Å²) in [5.41, 5.74) is 7.39. The van der Waals surface area contributed by atoms with Gasteiger partial charge in [-0.15, -0.1) is 0 Å². The van der Waals surface area contributed by atoms with Crippen molar-refractivity contribution >= 4 is 21.7 Å². The first kappa shape index (κ1) is 21.0. The van der Waals surface area contributed by atoms with Crippen LogP contribution in [-0.2, 0) is 10.0 Å². The molecular formula is C20H23FN6O3S. The number of aryl methyl sites for hydroxylation is 1. The molecule has 0 radical (unpaired) electrons. The highest BCUT2D eigenvalue weighted by molar-refractivity contribution is 7.92. The number of halogens is 1. The number of rotatable bonds is 6. The molecule has 1 saturated carbocycles. The van der Waals surface area contributed by atoms with E-state index >= 15 is 0 Å². The van der Waals surface area contributed by atoms with Gasteiger partial charge in [-0.1, -0.05) is 6.42 Å². The number of aromatic amines is 1. The number of ether oxygens (including phenoxy) is 1.